The van der Waals surface area contributed by atoms with Crippen molar-refractivity contribution < 1.29 is 14.7 Å². The van der Waals surface area contributed by atoms with E-state index < -0.39 is 11.9 Å². The molecule has 3 rings (SSSR count). The van der Waals surface area contributed by atoms with Crippen LogP contribution >= 0.6 is 11.3 Å². The Labute approximate surface area is 155 Å². The Bertz CT molecular complexity index is 959. The molecule has 3 aromatic rings. The van der Waals surface area contributed by atoms with Crippen molar-refractivity contribution in [3.8, 4) is 0 Å². The largest absolute Gasteiger partial charge is 0.481 e. The molecule has 0 aliphatic rings. The Kier molecular flexibility index (Phi) is 5.32. The summed E-state index contributed by atoms with van der Waals surface area (Å²) in [6, 6.07) is 13.8. The molecule has 2 aromatic carbocycles. The summed E-state index contributed by atoms with van der Waals surface area (Å²) in [7, 11) is 0. The van der Waals surface area contributed by atoms with Crippen molar-refractivity contribution in [3.05, 3.63) is 63.6 Å². The monoisotopic (exact) mass is 368 g/mol. The number of nitrogens with one attached hydrogen (secondary N) is 1. The summed E-state index contributed by atoms with van der Waals surface area (Å²) in [5.41, 5.74) is 1.34. The van der Waals surface area contributed by atoms with Crippen LogP contribution in [0.15, 0.2) is 42.5 Å². The van der Waals surface area contributed by atoms with Gasteiger partial charge in [-0.1, -0.05) is 42.5 Å². The van der Waals surface area contributed by atoms with Gasteiger partial charge < -0.3 is 10.4 Å². The van der Waals surface area contributed by atoms with E-state index in [2.05, 4.69) is 10.3 Å². The number of rotatable bonds is 6. The van der Waals surface area contributed by atoms with Gasteiger partial charge in [-0.05, 0) is 36.6 Å². The zero-order valence-corrected chi connectivity index (χ0v) is 15.5. The van der Waals surface area contributed by atoms with Gasteiger partial charge in [0, 0.05) is 11.4 Å². The maximum absolute atomic E-state index is 12.3. The second kappa shape index (κ2) is 7.66. The molecule has 6 heteroatoms. The van der Waals surface area contributed by atoms with E-state index in [0.29, 0.717) is 12.1 Å². The van der Waals surface area contributed by atoms with E-state index >= 15 is 0 Å². The lowest BCUT2D eigenvalue weighted by molar-refractivity contribution is -0.141. The molecule has 0 saturated heterocycles. The number of hydrogen-bond donors (Lipinski definition) is 2. The van der Waals surface area contributed by atoms with Crippen LogP contribution < -0.4 is 5.32 Å². The van der Waals surface area contributed by atoms with Crippen molar-refractivity contribution in [2.75, 3.05) is 6.54 Å². The van der Waals surface area contributed by atoms with Gasteiger partial charge in [0.25, 0.3) is 5.91 Å². The van der Waals surface area contributed by atoms with Crippen LogP contribution in [0.2, 0.25) is 0 Å². The number of carbonyl (C=O) groups is 2. The van der Waals surface area contributed by atoms with Crippen molar-refractivity contribution >= 4 is 34.0 Å². The number of amides is 1. The molecular formula is C20H20N2O3S. The quantitative estimate of drug-likeness (QED) is 0.697. The Morgan fingerprint density at radius 2 is 1.88 bits per heavy atom. The van der Waals surface area contributed by atoms with Crippen molar-refractivity contribution in [1.29, 1.82) is 0 Å². The number of carbonyl (C=O) groups excluding carboxylic acids is 1. The second-order valence-corrected chi connectivity index (χ2v) is 7.63. The summed E-state index contributed by atoms with van der Waals surface area (Å²) in [4.78, 5) is 29.1. The first-order valence-electron chi connectivity index (χ1n) is 8.37. The molecule has 0 aliphatic carbocycles. The molecule has 0 saturated carbocycles. The topological polar surface area (TPSA) is 79.3 Å². The third-order valence-electron chi connectivity index (χ3n) is 4.32. The highest BCUT2D eigenvalue weighted by atomic mass is 32.1. The molecule has 26 heavy (non-hydrogen) atoms. The molecule has 0 aliphatic heterocycles. The maximum Gasteiger partial charge on any atom is 0.308 e. The molecule has 1 atom stereocenters. The van der Waals surface area contributed by atoms with Gasteiger partial charge >= 0.3 is 5.97 Å². The highest BCUT2D eigenvalue weighted by molar-refractivity contribution is 7.11. The van der Waals surface area contributed by atoms with Gasteiger partial charge in [0.1, 0.15) is 5.69 Å². The highest BCUT2D eigenvalue weighted by Crippen LogP contribution is 2.21. The maximum atomic E-state index is 12.3. The molecule has 2 N–H and O–H groups in total. The summed E-state index contributed by atoms with van der Waals surface area (Å²) < 4.78 is 0. The Balaban J connectivity index is 1.74. The number of nitrogens with zero attached hydrogens (tertiary/aromatic N) is 1. The molecule has 134 valence electrons. The van der Waals surface area contributed by atoms with E-state index in [9.17, 15) is 14.7 Å². The third kappa shape index (κ3) is 3.91. The minimum absolute atomic E-state index is 0.0629. The summed E-state index contributed by atoms with van der Waals surface area (Å²) in [6.45, 7) is 3.74. The lowest BCUT2D eigenvalue weighted by atomic mass is 9.95. The predicted molar refractivity (Wildman–Crippen MR) is 103 cm³/mol. The number of aryl methyl sites for hydroxylation is 2. The number of fused-ring (bicyclic) bond motifs is 1. The lowest BCUT2D eigenvalue weighted by Crippen LogP contribution is -2.34. The molecule has 1 amide bonds. The molecule has 0 radical (unpaired) electrons. The number of thiazole rings is 1. The van der Waals surface area contributed by atoms with E-state index in [-0.39, 0.29) is 12.5 Å². The number of carboxylic acids is 1. The van der Waals surface area contributed by atoms with E-state index in [4.69, 9.17) is 0 Å². The van der Waals surface area contributed by atoms with Gasteiger partial charge in [-0.2, -0.15) is 0 Å². The molecule has 0 bridgehead atoms. The summed E-state index contributed by atoms with van der Waals surface area (Å²) >= 11 is 1.45. The van der Waals surface area contributed by atoms with Crippen LogP contribution in [0.5, 0.6) is 0 Å². The van der Waals surface area contributed by atoms with Crippen LogP contribution in [-0.2, 0) is 11.2 Å². The fraction of sp³-hybridized carbons (Fsp3) is 0.250. The molecule has 0 fully saturated rings. The minimum Gasteiger partial charge on any atom is -0.481 e. The summed E-state index contributed by atoms with van der Waals surface area (Å²) in [5.74, 6) is -1.95. The first kappa shape index (κ1) is 18.1. The number of hydrogen-bond acceptors (Lipinski definition) is 4. The van der Waals surface area contributed by atoms with Crippen molar-refractivity contribution in [2.45, 2.75) is 20.3 Å². The number of aliphatic carboxylic acids is 1. The molecule has 1 aromatic heterocycles. The van der Waals surface area contributed by atoms with E-state index in [1.807, 2.05) is 56.3 Å². The van der Waals surface area contributed by atoms with Crippen LogP contribution in [0.1, 0.15) is 25.9 Å². The van der Waals surface area contributed by atoms with Crippen LogP contribution in [0.4, 0.5) is 0 Å². The Hall–Kier alpha value is -2.73. The van der Waals surface area contributed by atoms with Gasteiger partial charge in [0.2, 0.25) is 0 Å². The second-order valence-electron chi connectivity index (χ2n) is 6.23. The van der Waals surface area contributed by atoms with Crippen molar-refractivity contribution in [2.24, 2.45) is 5.92 Å². The lowest BCUT2D eigenvalue weighted by Gasteiger charge is -2.15. The van der Waals surface area contributed by atoms with Crippen LogP contribution in [0, 0.1) is 19.8 Å². The fourth-order valence-electron chi connectivity index (χ4n) is 3.02. The zero-order chi connectivity index (χ0) is 18.7. The van der Waals surface area contributed by atoms with Gasteiger partial charge in [-0.3, -0.25) is 9.59 Å². The van der Waals surface area contributed by atoms with Gasteiger partial charge in [-0.25, -0.2) is 4.98 Å². The molecule has 5 nitrogen and oxygen atoms in total. The summed E-state index contributed by atoms with van der Waals surface area (Å²) in [5, 5.41) is 15.2. The SMILES string of the molecule is Cc1nc(C(=O)NCC(Cc2cccc3ccccc23)C(=O)O)c(C)s1. The highest BCUT2D eigenvalue weighted by Gasteiger charge is 2.22. The zero-order valence-electron chi connectivity index (χ0n) is 14.7. The van der Waals surface area contributed by atoms with Crippen LogP contribution in [0.25, 0.3) is 10.8 Å². The Morgan fingerprint density at radius 1 is 1.15 bits per heavy atom. The van der Waals surface area contributed by atoms with Crippen LogP contribution in [-0.4, -0.2) is 28.5 Å². The van der Waals surface area contributed by atoms with Gasteiger partial charge in [0.15, 0.2) is 0 Å². The van der Waals surface area contributed by atoms with E-state index in [1.165, 1.54) is 11.3 Å². The first-order valence-corrected chi connectivity index (χ1v) is 9.19. The van der Waals surface area contributed by atoms with Gasteiger partial charge in [-0.15, -0.1) is 11.3 Å². The average molecular weight is 368 g/mol. The molecule has 1 heterocycles. The Morgan fingerprint density at radius 3 is 2.58 bits per heavy atom. The average Bonchev–Trinajstić information content (AvgIpc) is 2.96. The molecule has 1 unspecified atom stereocenters. The number of benzene rings is 2. The van der Waals surface area contributed by atoms with E-state index in [0.717, 1.165) is 26.2 Å². The molecular weight excluding hydrogens is 348 g/mol. The van der Waals surface area contributed by atoms with E-state index in [1.54, 1.807) is 0 Å². The minimum atomic E-state index is -0.926. The normalized spacial score (nSPS) is 12.1. The van der Waals surface area contributed by atoms with Crippen molar-refractivity contribution in [1.82, 2.24) is 10.3 Å². The predicted octanol–water partition coefficient (Wildman–Crippen LogP) is 3.59. The van der Waals surface area contributed by atoms with Gasteiger partial charge in [0.05, 0.1) is 10.9 Å². The number of carboxylic acid groups (broad SMARTS) is 1. The third-order valence-corrected chi connectivity index (χ3v) is 5.21. The van der Waals surface area contributed by atoms with Crippen molar-refractivity contribution in [3.63, 3.8) is 0 Å². The summed E-state index contributed by atoms with van der Waals surface area (Å²) in [6.07, 6.45) is 0.353. The molecule has 0 spiro atoms. The number of aromatic nitrogens is 1. The fourth-order valence-corrected chi connectivity index (χ4v) is 3.84. The first-order chi connectivity index (χ1) is 12.5. The standard InChI is InChI=1S/C20H20N2O3S/c1-12-18(22-13(2)26-12)19(23)21-11-16(20(24)25)10-15-8-5-7-14-6-3-4-9-17(14)15/h3-9,16H,10-11H2,1-2H3,(H,21,23)(H,24,25). The smallest absolute Gasteiger partial charge is 0.308 e. The van der Waals surface area contributed by atoms with Crippen LogP contribution in [0.3, 0.4) is 0 Å².